The number of urea groups is 1. The van der Waals surface area contributed by atoms with Crippen LogP contribution >= 0.6 is 23.2 Å². The van der Waals surface area contributed by atoms with E-state index in [2.05, 4.69) is 10.6 Å². The maximum absolute atomic E-state index is 12.0. The number of aliphatic hydroxyl groups excluding tert-OH is 1. The molecule has 0 aliphatic rings. The van der Waals surface area contributed by atoms with Gasteiger partial charge in [0.2, 0.25) is 0 Å². The zero-order valence-corrected chi connectivity index (χ0v) is 12.5. The van der Waals surface area contributed by atoms with Crippen LogP contribution in [0, 0.1) is 0 Å². The molecule has 0 fully saturated rings. The predicted molar refractivity (Wildman–Crippen MR) is 84.9 cm³/mol. The highest BCUT2D eigenvalue weighted by molar-refractivity contribution is 6.35. The second kappa shape index (κ2) is 7.31. The molecule has 2 aromatic rings. The zero-order valence-electron chi connectivity index (χ0n) is 11.0. The molecule has 0 saturated heterocycles. The molecular formula is C15H14Cl2N2O2. The SMILES string of the molecule is O=C(Nc1cc(Cl)cc(Cl)c1)N[C@@H](CO)c1ccccc1. The molecule has 0 heterocycles. The molecule has 6 heteroatoms. The van der Waals surface area contributed by atoms with E-state index in [4.69, 9.17) is 23.2 Å². The van der Waals surface area contributed by atoms with Gasteiger partial charge < -0.3 is 15.7 Å². The summed E-state index contributed by atoms with van der Waals surface area (Å²) in [5, 5.41) is 15.6. The van der Waals surface area contributed by atoms with Crippen LogP contribution in [0.25, 0.3) is 0 Å². The number of benzene rings is 2. The molecule has 0 aliphatic heterocycles. The lowest BCUT2D eigenvalue weighted by Crippen LogP contribution is -2.34. The fourth-order valence-corrected chi connectivity index (χ4v) is 2.40. The van der Waals surface area contributed by atoms with Gasteiger partial charge in [-0.1, -0.05) is 53.5 Å². The van der Waals surface area contributed by atoms with Crippen LogP contribution in [0.3, 0.4) is 0 Å². The third-order valence-corrected chi connectivity index (χ3v) is 3.25. The fourth-order valence-electron chi connectivity index (χ4n) is 1.87. The smallest absolute Gasteiger partial charge is 0.319 e. The van der Waals surface area contributed by atoms with Crippen LogP contribution in [0.15, 0.2) is 48.5 Å². The van der Waals surface area contributed by atoms with E-state index >= 15 is 0 Å². The van der Waals surface area contributed by atoms with Gasteiger partial charge in [-0.3, -0.25) is 0 Å². The molecule has 0 spiro atoms. The van der Waals surface area contributed by atoms with E-state index in [0.29, 0.717) is 15.7 Å². The Kier molecular flexibility index (Phi) is 5.44. The molecule has 21 heavy (non-hydrogen) atoms. The number of halogens is 2. The van der Waals surface area contributed by atoms with Gasteiger partial charge >= 0.3 is 6.03 Å². The molecule has 110 valence electrons. The van der Waals surface area contributed by atoms with Crippen LogP contribution in [-0.4, -0.2) is 17.7 Å². The molecule has 0 radical (unpaired) electrons. The van der Waals surface area contributed by atoms with E-state index in [-0.39, 0.29) is 6.61 Å². The van der Waals surface area contributed by atoms with Gasteiger partial charge in [-0.15, -0.1) is 0 Å². The van der Waals surface area contributed by atoms with Crippen LogP contribution in [0.1, 0.15) is 11.6 Å². The summed E-state index contributed by atoms with van der Waals surface area (Å²) in [7, 11) is 0. The number of nitrogens with one attached hydrogen (secondary N) is 2. The minimum atomic E-state index is -0.485. The first kappa shape index (κ1) is 15.6. The van der Waals surface area contributed by atoms with E-state index in [0.717, 1.165) is 5.56 Å². The van der Waals surface area contributed by atoms with Crippen LogP contribution in [0.5, 0.6) is 0 Å². The van der Waals surface area contributed by atoms with Gasteiger partial charge in [-0.25, -0.2) is 4.79 Å². The number of hydrogen-bond donors (Lipinski definition) is 3. The quantitative estimate of drug-likeness (QED) is 0.800. The molecule has 0 saturated carbocycles. The van der Waals surface area contributed by atoms with Crippen molar-refractivity contribution in [3.63, 3.8) is 0 Å². The highest BCUT2D eigenvalue weighted by Gasteiger charge is 2.13. The molecule has 1 atom stereocenters. The van der Waals surface area contributed by atoms with Gasteiger partial charge in [0.05, 0.1) is 12.6 Å². The Bertz CT molecular complexity index is 600. The van der Waals surface area contributed by atoms with E-state index in [1.54, 1.807) is 18.2 Å². The van der Waals surface area contributed by atoms with Crippen LogP contribution in [0.4, 0.5) is 10.5 Å². The topological polar surface area (TPSA) is 61.4 Å². The predicted octanol–water partition coefficient (Wildman–Crippen LogP) is 3.85. The van der Waals surface area contributed by atoms with Gasteiger partial charge in [0.15, 0.2) is 0 Å². The minimum Gasteiger partial charge on any atom is -0.394 e. The molecule has 3 N–H and O–H groups in total. The third kappa shape index (κ3) is 4.63. The Balaban J connectivity index is 2.03. The summed E-state index contributed by atoms with van der Waals surface area (Å²) in [6.45, 7) is -0.201. The van der Waals surface area contributed by atoms with Gasteiger partial charge in [-0.2, -0.15) is 0 Å². The van der Waals surface area contributed by atoms with Crippen LogP contribution in [-0.2, 0) is 0 Å². The van der Waals surface area contributed by atoms with Gasteiger partial charge in [0, 0.05) is 15.7 Å². The average molecular weight is 325 g/mol. The summed E-state index contributed by atoms with van der Waals surface area (Å²) in [5.41, 5.74) is 1.30. The van der Waals surface area contributed by atoms with Crippen molar-refractivity contribution in [3.05, 3.63) is 64.1 Å². The molecule has 0 unspecified atom stereocenters. The molecule has 2 aromatic carbocycles. The lowest BCUT2D eigenvalue weighted by molar-refractivity contribution is 0.225. The molecule has 0 aliphatic carbocycles. The standard InChI is InChI=1S/C15H14Cl2N2O2/c16-11-6-12(17)8-13(7-11)18-15(21)19-14(9-20)10-4-2-1-3-5-10/h1-8,14,20H,9H2,(H2,18,19,21)/t14-/m0/s1. The largest absolute Gasteiger partial charge is 0.394 e. The Morgan fingerprint density at radius 3 is 2.29 bits per heavy atom. The Morgan fingerprint density at radius 2 is 1.71 bits per heavy atom. The first-order valence-electron chi connectivity index (χ1n) is 6.28. The first-order chi connectivity index (χ1) is 10.1. The van der Waals surface area contributed by atoms with E-state index < -0.39 is 12.1 Å². The monoisotopic (exact) mass is 324 g/mol. The molecule has 2 amide bonds. The number of amides is 2. The van der Waals surface area contributed by atoms with Crippen molar-refractivity contribution >= 4 is 34.9 Å². The Labute approximate surface area is 132 Å². The van der Waals surface area contributed by atoms with Crippen molar-refractivity contribution in [3.8, 4) is 0 Å². The number of aliphatic hydroxyl groups is 1. The Morgan fingerprint density at radius 1 is 1.10 bits per heavy atom. The number of hydrogen-bond acceptors (Lipinski definition) is 2. The molecule has 2 rings (SSSR count). The van der Waals surface area contributed by atoms with E-state index in [1.807, 2.05) is 30.3 Å². The van der Waals surface area contributed by atoms with Gasteiger partial charge in [-0.05, 0) is 23.8 Å². The second-order valence-corrected chi connectivity index (χ2v) is 5.28. The molecule has 4 nitrogen and oxygen atoms in total. The van der Waals surface area contributed by atoms with Crippen molar-refractivity contribution in [2.24, 2.45) is 0 Å². The van der Waals surface area contributed by atoms with Crippen molar-refractivity contribution < 1.29 is 9.90 Å². The fraction of sp³-hybridized carbons (Fsp3) is 0.133. The average Bonchev–Trinajstić information content (AvgIpc) is 2.44. The lowest BCUT2D eigenvalue weighted by Gasteiger charge is -2.17. The van der Waals surface area contributed by atoms with Gasteiger partial charge in [0.1, 0.15) is 0 Å². The second-order valence-electron chi connectivity index (χ2n) is 4.40. The summed E-state index contributed by atoms with van der Waals surface area (Å²) in [4.78, 5) is 12.0. The van der Waals surface area contributed by atoms with Crippen LogP contribution < -0.4 is 10.6 Å². The molecule has 0 aromatic heterocycles. The molecule has 0 bridgehead atoms. The van der Waals surface area contributed by atoms with Crippen LogP contribution in [0.2, 0.25) is 10.0 Å². The maximum atomic E-state index is 12.0. The number of rotatable bonds is 4. The Hall–Kier alpha value is -1.75. The van der Waals surface area contributed by atoms with Crippen molar-refractivity contribution in [1.82, 2.24) is 5.32 Å². The number of anilines is 1. The number of carbonyl (C=O) groups excluding carboxylic acids is 1. The number of carbonyl (C=O) groups is 1. The highest BCUT2D eigenvalue weighted by atomic mass is 35.5. The van der Waals surface area contributed by atoms with Crippen molar-refractivity contribution in [2.75, 3.05) is 11.9 Å². The summed E-state index contributed by atoms with van der Waals surface area (Å²) >= 11 is 11.7. The van der Waals surface area contributed by atoms with Gasteiger partial charge in [0.25, 0.3) is 0 Å². The van der Waals surface area contributed by atoms with Crippen molar-refractivity contribution in [2.45, 2.75) is 6.04 Å². The third-order valence-electron chi connectivity index (χ3n) is 2.81. The maximum Gasteiger partial charge on any atom is 0.319 e. The zero-order chi connectivity index (χ0) is 15.2. The minimum absolute atomic E-state index is 0.201. The highest BCUT2D eigenvalue weighted by Crippen LogP contribution is 2.22. The van der Waals surface area contributed by atoms with E-state index in [1.165, 1.54) is 0 Å². The summed E-state index contributed by atoms with van der Waals surface area (Å²) in [6.07, 6.45) is 0. The first-order valence-corrected chi connectivity index (χ1v) is 7.03. The normalized spacial score (nSPS) is 11.8. The van der Waals surface area contributed by atoms with Crippen molar-refractivity contribution in [1.29, 1.82) is 0 Å². The lowest BCUT2D eigenvalue weighted by atomic mass is 10.1. The summed E-state index contributed by atoms with van der Waals surface area (Å²) in [6, 6.07) is 13.0. The molecular weight excluding hydrogens is 311 g/mol. The summed E-state index contributed by atoms with van der Waals surface area (Å²) in [5.74, 6) is 0. The van der Waals surface area contributed by atoms with E-state index in [9.17, 15) is 9.90 Å². The summed E-state index contributed by atoms with van der Waals surface area (Å²) < 4.78 is 0.